The highest BCUT2D eigenvalue weighted by molar-refractivity contribution is 5.25. The molecule has 0 fully saturated rings. The molecule has 0 rings (SSSR count). The molecule has 0 amide bonds. The minimum atomic E-state index is 0.185. The van der Waals surface area contributed by atoms with Gasteiger partial charge in [0.05, 0.1) is 0 Å². The van der Waals surface area contributed by atoms with Crippen molar-refractivity contribution in [2.75, 3.05) is 13.2 Å². The summed E-state index contributed by atoms with van der Waals surface area (Å²) in [7, 11) is 0. The Morgan fingerprint density at radius 2 is 2.00 bits per heavy atom. The van der Waals surface area contributed by atoms with Crippen molar-refractivity contribution in [1.29, 1.82) is 0 Å². The Balaban J connectivity index is 3.75. The number of aliphatic hydroxyl groups excluding tert-OH is 2. The summed E-state index contributed by atoms with van der Waals surface area (Å²) in [5, 5.41) is 17.1. The molecule has 2 nitrogen and oxygen atoms in total. The van der Waals surface area contributed by atoms with Crippen LogP contribution in [0.1, 0.15) is 26.2 Å². The van der Waals surface area contributed by atoms with Crippen LogP contribution in [0.3, 0.4) is 0 Å². The Hall–Kier alpha value is -0.600. The van der Waals surface area contributed by atoms with Crippen LogP contribution in [0.2, 0.25) is 0 Å². The van der Waals surface area contributed by atoms with Gasteiger partial charge in [-0.15, -0.1) is 0 Å². The van der Waals surface area contributed by atoms with Crippen LogP contribution in [0.15, 0.2) is 23.8 Å². The first-order valence-electron chi connectivity index (χ1n) is 4.29. The summed E-state index contributed by atoms with van der Waals surface area (Å²) in [4.78, 5) is 0. The van der Waals surface area contributed by atoms with Crippen molar-refractivity contribution in [3.05, 3.63) is 23.8 Å². The molecule has 12 heavy (non-hydrogen) atoms. The maximum atomic E-state index is 8.57. The fourth-order valence-electron chi connectivity index (χ4n) is 0.915. The molecule has 0 unspecified atom stereocenters. The summed E-state index contributed by atoms with van der Waals surface area (Å²) < 4.78 is 0. The Morgan fingerprint density at radius 3 is 2.50 bits per heavy atom. The zero-order valence-electron chi connectivity index (χ0n) is 7.71. The minimum absolute atomic E-state index is 0.185. The van der Waals surface area contributed by atoms with Crippen LogP contribution in [0.25, 0.3) is 0 Å². The van der Waals surface area contributed by atoms with Gasteiger partial charge in [0.15, 0.2) is 0 Å². The molecule has 0 spiro atoms. The van der Waals surface area contributed by atoms with E-state index in [-0.39, 0.29) is 13.2 Å². The Bertz CT molecular complexity index is 159. The van der Waals surface area contributed by atoms with Crippen LogP contribution in [-0.2, 0) is 0 Å². The van der Waals surface area contributed by atoms with Crippen LogP contribution >= 0.6 is 0 Å². The van der Waals surface area contributed by atoms with E-state index >= 15 is 0 Å². The predicted molar refractivity (Wildman–Crippen MR) is 50.9 cm³/mol. The van der Waals surface area contributed by atoms with Crippen molar-refractivity contribution in [3.8, 4) is 0 Å². The molecule has 2 heteroatoms. The van der Waals surface area contributed by atoms with Gasteiger partial charge in [-0.25, -0.2) is 0 Å². The first-order chi connectivity index (χ1) is 5.72. The topological polar surface area (TPSA) is 40.5 Å². The highest BCUT2D eigenvalue weighted by Crippen LogP contribution is 2.13. The number of rotatable bonds is 6. The van der Waals surface area contributed by atoms with Gasteiger partial charge in [0, 0.05) is 13.2 Å². The van der Waals surface area contributed by atoms with E-state index in [1.165, 1.54) is 0 Å². The van der Waals surface area contributed by atoms with Crippen LogP contribution < -0.4 is 0 Å². The molecule has 0 saturated carbocycles. The van der Waals surface area contributed by atoms with Gasteiger partial charge < -0.3 is 10.2 Å². The van der Waals surface area contributed by atoms with E-state index in [2.05, 4.69) is 6.58 Å². The first-order valence-corrected chi connectivity index (χ1v) is 4.29. The second kappa shape index (κ2) is 7.07. The summed E-state index contributed by atoms with van der Waals surface area (Å²) in [5.41, 5.74) is 2.18. The van der Waals surface area contributed by atoms with E-state index in [1.807, 2.05) is 13.0 Å². The highest BCUT2D eigenvalue weighted by Gasteiger charge is 1.95. The van der Waals surface area contributed by atoms with Crippen molar-refractivity contribution >= 4 is 0 Å². The van der Waals surface area contributed by atoms with Gasteiger partial charge in [0.2, 0.25) is 0 Å². The quantitative estimate of drug-likeness (QED) is 0.595. The van der Waals surface area contributed by atoms with Crippen LogP contribution in [0, 0.1) is 0 Å². The molecule has 0 radical (unpaired) electrons. The third-order valence-electron chi connectivity index (χ3n) is 1.77. The lowest BCUT2D eigenvalue weighted by Gasteiger charge is -2.04. The van der Waals surface area contributed by atoms with Gasteiger partial charge in [0.1, 0.15) is 0 Å². The molecule has 0 atom stereocenters. The van der Waals surface area contributed by atoms with E-state index in [0.717, 1.165) is 24.0 Å². The lowest BCUT2D eigenvalue weighted by atomic mass is 10.0. The second-order valence-electron chi connectivity index (χ2n) is 2.83. The van der Waals surface area contributed by atoms with Crippen molar-refractivity contribution in [3.63, 3.8) is 0 Å². The standard InChI is InChI=1S/C10H18O2/c1-9(5-3-7-11)10(2)6-4-8-12/h6,11-12H,1,3-5,7-8H2,2H3/b10-6+. The monoisotopic (exact) mass is 170 g/mol. The van der Waals surface area contributed by atoms with Crippen LogP contribution in [0.5, 0.6) is 0 Å². The fraction of sp³-hybridized carbons (Fsp3) is 0.600. The number of aliphatic hydroxyl groups is 2. The van der Waals surface area contributed by atoms with E-state index in [0.29, 0.717) is 6.42 Å². The Kier molecular flexibility index (Phi) is 6.72. The largest absolute Gasteiger partial charge is 0.396 e. The molecule has 0 bridgehead atoms. The van der Waals surface area contributed by atoms with Crippen molar-refractivity contribution in [1.82, 2.24) is 0 Å². The van der Waals surface area contributed by atoms with E-state index < -0.39 is 0 Å². The molecular formula is C10H18O2. The van der Waals surface area contributed by atoms with Gasteiger partial charge in [-0.1, -0.05) is 23.8 Å². The number of hydrogen-bond donors (Lipinski definition) is 2. The predicted octanol–water partition coefficient (Wildman–Crippen LogP) is 1.64. The maximum Gasteiger partial charge on any atom is 0.0465 e. The smallest absolute Gasteiger partial charge is 0.0465 e. The van der Waals surface area contributed by atoms with Gasteiger partial charge >= 0.3 is 0 Å². The molecule has 0 aliphatic carbocycles. The lowest BCUT2D eigenvalue weighted by Crippen LogP contribution is -1.89. The second-order valence-corrected chi connectivity index (χ2v) is 2.83. The summed E-state index contributed by atoms with van der Waals surface area (Å²) in [6.07, 6.45) is 4.26. The van der Waals surface area contributed by atoms with Gasteiger partial charge in [-0.3, -0.25) is 0 Å². The molecule has 0 heterocycles. The van der Waals surface area contributed by atoms with E-state index in [1.54, 1.807) is 0 Å². The molecule has 0 saturated heterocycles. The van der Waals surface area contributed by atoms with Crippen molar-refractivity contribution < 1.29 is 10.2 Å². The zero-order valence-corrected chi connectivity index (χ0v) is 7.71. The summed E-state index contributed by atoms with van der Waals surface area (Å²) in [6.45, 7) is 6.27. The summed E-state index contributed by atoms with van der Waals surface area (Å²) in [6, 6.07) is 0. The van der Waals surface area contributed by atoms with Gasteiger partial charge in [-0.05, 0) is 26.2 Å². The molecule has 0 aliphatic rings. The molecule has 2 N–H and O–H groups in total. The average Bonchev–Trinajstić information content (AvgIpc) is 2.10. The highest BCUT2D eigenvalue weighted by atomic mass is 16.3. The number of hydrogen-bond acceptors (Lipinski definition) is 2. The van der Waals surface area contributed by atoms with Gasteiger partial charge in [-0.2, -0.15) is 0 Å². The minimum Gasteiger partial charge on any atom is -0.396 e. The molecular weight excluding hydrogens is 152 g/mol. The maximum absolute atomic E-state index is 8.57. The van der Waals surface area contributed by atoms with Crippen LogP contribution in [0.4, 0.5) is 0 Å². The Labute approximate surface area is 74.2 Å². The van der Waals surface area contributed by atoms with E-state index in [4.69, 9.17) is 10.2 Å². The molecule has 0 aromatic carbocycles. The van der Waals surface area contributed by atoms with Crippen molar-refractivity contribution in [2.45, 2.75) is 26.2 Å². The molecule has 70 valence electrons. The van der Waals surface area contributed by atoms with Crippen molar-refractivity contribution in [2.24, 2.45) is 0 Å². The zero-order chi connectivity index (χ0) is 9.40. The SMILES string of the molecule is C=C(CCCO)/C(C)=C/CCO. The lowest BCUT2D eigenvalue weighted by molar-refractivity contribution is 0.288. The number of allylic oxidation sites excluding steroid dienone is 2. The summed E-state index contributed by atoms with van der Waals surface area (Å²) in [5.74, 6) is 0. The van der Waals surface area contributed by atoms with Gasteiger partial charge in [0.25, 0.3) is 0 Å². The Morgan fingerprint density at radius 1 is 1.33 bits per heavy atom. The fourth-order valence-corrected chi connectivity index (χ4v) is 0.915. The molecule has 0 aromatic rings. The molecule has 0 aliphatic heterocycles. The normalized spacial score (nSPS) is 11.8. The summed E-state index contributed by atoms with van der Waals surface area (Å²) >= 11 is 0. The molecule has 0 aromatic heterocycles. The van der Waals surface area contributed by atoms with Crippen LogP contribution in [-0.4, -0.2) is 23.4 Å². The third kappa shape index (κ3) is 5.10. The van der Waals surface area contributed by atoms with E-state index in [9.17, 15) is 0 Å². The first kappa shape index (κ1) is 11.4. The third-order valence-corrected chi connectivity index (χ3v) is 1.77. The average molecular weight is 170 g/mol.